The van der Waals surface area contributed by atoms with E-state index in [0.29, 0.717) is 10.5 Å². The summed E-state index contributed by atoms with van der Waals surface area (Å²) in [6, 6.07) is 3.59. The van der Waals surface area contributed by atoms with Crippen LogP contribution in [0.25, 0.3) is 10.9 Å². The molecule has 0 aromatic carbocycles. The van der Waals surface area contributed by atoms with Gasteiger partial charge in [0.05, 0.1) is 0 Å². The van der Waals surface area contributed by atoms with E-state index in [1.165, 1.54) is 8.93 Å². The second kappa shape index (κ2) is 5.00. The summed E-state index contributed by atoms with van der Waals surface area (Å²) in [6.07, 6.45) is 1.57. The van der Waals surface area contributed by atoms with E-state index < -0.39 is 0 Å². The Bertz CT molecular complexity index is 577. The first-order valence-corrected chi connectivity index (χ1v) is 8.55. The highest BCUT2D eigenvalue weighted by Crippen LogP contribution is 2.35. The van der Waals surface area contributed by atoms with E-state index in [2.05, 4.69) is 31.2 Å². The molecule has 0 atom stereocenters. The second-order valence-electron chi connectivity index (χ2n) is 2.86. The largest absolute Gasteiger partial charge is 0.504 e. The first-order chi connectivity index (χ1) is 7.65. The Kier molecular flexibility index (Phi) is 3.85. The van der Waals surface area contributed by atoms with Gasteiger partial charge in [-0.2, -0.15) is 0 Å². The number of carbonyl (C=O) groups excluding carboxylic acids is 1. The molecule has 0 aliphatic rings. The zero-order chi connectivity index (χ0) is 11.7. The summed E-state index contributed by atoms with van der Waals surface area (Å²) in [7, 11) is 1.39. The number of rotatable bonds is 2. The summed E-state index contributed by atoms with van der Waals surface area (Å²) in [6.45, 7) is 0. The van der Waals surface area contributed by atoms with Gasteiger partial charge in [-0.1, -0.05) is 0 Å². The third-order valence-corrected chi connectivity index (χ3v) is 4.18. The lowest BCUT2D eigenvalue weighted by Gasteiger charge is -2.06. The summed E-state index contributed by atoms with van der Waals surface area (Å²) in [4.78, 5) is 19.5. The van der Waals surface area contributed by atoms with Crippen LogP contribution in [0.1, 0.15) is 10.5 Å². The molecule has 82 valence electrons. The van der Waals surface area contributed by atoms with Crippen molar-refractivity contribution in [2.24, 2.45) is 0 Å². The molecule has 1 N–H and O–H groups in total. The quantitative estimate of drug-likeness (QED) is 0.553. The molecule has 4 nitrogen and oxygen atoms in total. The normalized spacial score (nSPS) is 10.6. The van der Waals surface area contributed by atoms with Crippen molar-refractivity contribution in [1.82, 2.24) is 9.97 Å². The van der Waals surface area contributed by atoms with Gasteiger partial charge in [0.1, 0.15) is 10.5 Å². The number of nitrogens with zero attached hydrogens (tertiary/aromatic N) is 2. The van der Waals surface area contributed by atoms with Crippen LogP contribution in [0.3, 0.4) is 0 Å². The topological polar surface area (TPSA) is 63.1 Å². The van der Waals surface area contributed by atoms with E-state index >= 15 is 0 Å². The van der Waals surface area contributed by atoms with Crippen LogP contribution in [-0.2, 0) is 0 Å². The van der Waals surface area contributed by atoms with Gasteiger partial charge in [-0.25, -0.2) is 4.98 Å². The van der Waals surface area contributed by atoms with Gasteiger partial charge >= 0.3 is 0 Å². The molecule has 0 amide bonds. The van der Waals surface area contributed by atoms with E-state index in [1.807, 2.05) is 6.07 Å². The second-order valence-corrected chi connectivity index (χ2v) is 5.71. The molecule has 0 saturated carbocycles. The van der Waals surface area contributed by atoms with Crippen LogP contribution in [-0.4, -0.2) is 18.9 Å². The lowest BCUT2D eigenvalue weighted by Crippen LogP contribution is -1.97. The van der Waals surface area contributed by atoms with Crippen LogP contribution in [0, 0.1) is 0 Å². The van der Waals surface area contributed by atoms with Crippen LogP contribution in [0.2, 0.25) is 0 Å². The number of aromatic nitrogens is 2. The van der Waals surface area contributed by atoms with Crippen molar-refractivity contribution in [3.05, 3.63) is 24.0 Å². The molecule has 0 fully saturated rings. The standard InChI is InChI=1S/C9H4I2N2O2S/c10-8(15)6-7(14)5-4(2-1-3-12-5)9(13-6)16-11/h1-3,14H. The first-order valence-electron chi connectivity index (χ1n) is 4.11. The number of halogens is 2. The Morgan fingerprint density at radius 1 is 1.50 bits per heavy atom. The summed E-state index contributed by atoms with van der Waals surface area (Å²) in [5, 5.41) is 11.3. The van der Waals surface area contributed by atoms with Crippen molar-refractivity contribution in [1.29, 1.82) is 0 Å². The zero-order valence-corrected chi connectivity index (χ0v) is 12.8. The Labute approximate surface area is 121 Å². The molecule has 0 unspecified atom stereocenters. The molecule has 0 saturated heterocycles. The average Bonchev–Trinajstić information content (AvgIpc) is 2.29. The zero-order valence-electron chi connectivity index (χ0n) is 7.65. The lowest BCUT2D eigenvalue weighted by atomic mass is 10.2. The predicted molar refractivity (Wildman–Crippen MR) is 79.4 cm³/mol. The third kappa shape index (κ3) is 2.12. The molecular weight excluding hydrogens is 454 g/mol. The minimum absolute atomic E-state index is 0.0611. The maximum absolute atomic E-state index is 11.3. The molecule has 0 bridgehead atoms. The van der Waals surface area contributed by atoms with E-state index in [0.717, 1.165) is 5.39 Å². The van der Waals surface area contributed by atoms with Crippen molar-refractivity contribution in [2.45, 2.75) is 5.03 Å². The van der Waals surface area contributed by atoms with E-state index in [1.54, 1.807) is 34.9 Å². The number of hydrogen-bond donors (Lipinski definition) is 1. The highest BCUT2D eigenvalue weighted by atomic mass is 127. The smallest absolute Gasteiger partial charge is 0.244 e. The molecule has 2 heterocycles. The van der Waals surface area contributed by atoms with Crippen molar-refractivity contribution in [3.8, 4) is 5.75 Å². The minimum Gasteiger partial charge on any atom is -0.504 e. The fourth-order valence-electron chi connectivity index (χ4n) is 1.29. The van der Waals surface area contributed by atoms with Gasteiger partial charge < -0.3 is 5.11 Å². The predicted octanol–water partition coefficient (Wildman–Crippen LogP) is 3.35. The van der Waals surface area contributed by atoms with Gasteiger partial charge in [-0.05, 0) is 21.1 Å². The van der Waals surface area contributed by atoms with E-state index in [9.17, 15) is 9.90 Å². The van der Waals surface area contributed by atoms with Gasteiger partial charge in [0, 0.05) is 55.4 Å². The number of pyridine rings is 2. The molecular formula is C9H4I2N2O2S. The highest BCUT2D eigenvalue weighted by molar-refractivity contribution is 14.2. The Hall–Kier alpha value is -0.160. The summed E-state index contributed by atoms with van der Waals surface area (Å²) < 4.78 is -0.297. The van der Waals surface area contributed by atoms with Gasteiger partial charge in [0.25, 0.3) is 0 Å². The van der Waals surface area contributed by atoms with Crippen molar-refractivity contribution >= 4 is 67.4 Å². The fraction of sp³-hybridized carbons (Fsp3) is 0. The van der Waals surface area contributed by atoms with Crippen molar-refractivity contribution in [3.63, 3.8) is 0 Å². The lowest BCUT2D eigenvalue weighted by molar-refractivity contribution is 0.109. The summed E-state index contributed by atoms with van der Waals surface area (Å²) in [5.41, 5.74) is 0.475. The maximum Gasteiger partial charge on any atom is 0.244 e. The van der Waals surface area contributed by atoms with Gasteiger partial charge in [-0.15, -0.1) is 0 Å². The fourth-order valence-corrected chi connectivity index (χ4v) is 3.05. The van der Waals surface area contributed by atoms with Crippen LogP contribution < -0.4 is 0 Å². The Morgan fingerprint density at radius 3 is 2.88 bits per heavy atom. The monoisotopic (exact) mass is 458 g/mol. The molecule has 0 aliphatic carbocycles. The van der Waals surface area contributed by atoms with Gasteiger partial charge in [-0.3, -0.25) is 9.78 Å². The average molecular weight is 458 g/mol. The number of hydrogen-bond acceptors (Lipinski definition) is 5. The number of aromatic hydroxyl groups is 1. The van der Waals surface area contributed by atoms with Gasteiger partial charge in [0.2, 0.25) is 3.79 Å². The summed E-state index contributed by atoms with van der Waals surface area (Å²) in [5.74, 6) is -0.149. The SMILES string of the molecule is O=C(I)c1nc(SI)c2cccnc2c1O. The van der Waals surface area contributed by atoms with Crippen molar-refractivity contribution in [2.75, 3.05) is 0 Å². The Morgan fingerprint density at radius 2 is 2.25 bits per heavy atom. The van der Waals surface area contributed by atoms with E-state index in [4.69, 9.17) is 0 Å². The maximum atomic E-state index is 11.3. The molecule has 7 heteroatoms. The van der Waals surface area contributed by atoms with E-state index in [-0.39, 0.29) is 15.2 Å². The van der Waals surface area contributed by atoms with Gasteiger partial charge in [0.15, 0.2) is 11.4 Å². The molecule has 0 spiro atoms. The summed E-state index contributed by atoms with van der Waals surface area (Å²) >= 11 is 3.68. The Balaban J connectivity index is 2.88. The number of carbonyl (C=O) groups is 1. The molecule has 0 aliphatic heterocycles. The van der Waals surface area contributed by atoms with Crippen molar-refractivity contribution < 1.29 is 9.90 Å². The van der Waals surface area contributed by atoms with Crippen LogP contribution in [0.15, 0.2) is 23.4 Å². The van der Waals surface area contributed by atoms with Crippen LogP contribution in [0.4, 0.5) is 0 Å². The third-order valence-electron chi connectivity index (χ3n) is 1.96. The molecule has 16 heavy (non-hydrogen) atoms. The molecule has 0 radical (unpaired) electrons. The number of fused-ring (bicyclic) bond motifs is 1. The molecule has 2 aromatic rings. The minimum atomic E-state index is -0.297. The van der Waals surface area contributed by atoms with Crippen LogP contribution in [0.5, 0.6) is 5.75 Å². The highest BCUT2D eigenvalue weighted by Gasteiger charge is 2.17. The van der Waals surface area contributed by atoms with Crippen LogP contribution >= 0.6 is 52.7 Å². The first kappa shape index (κ1) is 12.3. The molecule has 2 aromatic heterocycles. The molecule has 2 rings (SSSR count).